The van der Waals surface area contributed by atoms with Gasteiger partial charge in [0.15, 0.2) is 0 Å². The Morgan fingerprint density at radius 3 is 2.70 bits per heavy atom. The molecule has 0 aliphatic heterocycles. The summed E-state index contributed by atoms with van der Waals surface area (Å²) in [6.07, 6.45) is 3.32. The fourth-order valence-corrected chi connectivity index (χ4v) is 2.75. The van der Waals surface area contributed by atoms with E-state index < -0.39 is 0 Å². The third-order valence-electron chi connectivity index (χ3n) is 2.84. The lowest BCUT2D eigenvalue weighted by molar-refractivity contribution is 0.421. The normalized spacial score (nSPS) is 11.8. The van der Waals surface area contributed by atoms with E-state index in [0.717, 1.165) is 22.3 Å². The van der Waals surface area contributed by atoms with Gasteiger partial charge in [0, 0.05) is 30.9 Å². The number of hydrogen-bond acceptors (Lipinski definition) is 5. The van der Waals surface area contributed by atoms with Gasteiger partial charge in [-0.15, -0.1) is 0 Å². The minimum absolute atomic E-state index is 0.0825. The Hall–Kier alpha value is -1.40. The zero-order valence-corrected chi connectivity index (χ0v) is 13.5. The fourth-order valence-electron chi connectivity index (χ4n) is 1.80. The molecule has 20 heavy (non-hydrogen) atoms. The van der Waals surface area contributed by atoms with Gasteiger partial charge >= 0.3 is 0 Å². The van der Waals surface area contributed by atoms with E-state index in [2.05, 4.69) is 41.2 Å². The first-order chi connectivity index (χ1) is 9.37. The van der Waals surface area contributed by atoms with Crippen LogP contribution in [-0.4, -0.2) is 25.3 Å². The van der Waals surface area contributed by atoms with Crippen LogP contribution in [0.4, 0.5) is 0 Å². The number of aromatic nitrogens is 4. The average Bonchev–Trinajstić information content (AvgIpc) is 2.62. The molecule has 5 nitrogen and oxygen atoms in total. The number of nitrogens with one attached hydrogen (secondary N) is 1. The average molecular weight is 291 g/mol. The van der Waals surface area contributed by atoms with Crippen molar-refractivity contribution in [2.45, 2.75) is 49.8 Å². The van der Waals surface area contributed by atoms with Gasteiger partial charge < -0.3 is 5.32 Å². The second-order valence-corrected chi connectivity index (χ2v) is 6.76. The van der Waals surface area contributed by atoms with Crippen molar-refractivity contribution in [1.82, 2.24) is 25.1 Å². The maximum atomic E-state index is 4.52. The van der Waals surface area contributed by atoms with Crippen LogP contribution in [0.5, 0.6) is 0 Å². The lowest BCUT2D eigenvalue weighted by Crippen LogP contribution is -2.35. The van der Waals surface area contributed by atoms with Crippen molar-refractivity contribution in [1.29, 1.82) is 0 Å². The molecule has 2 heterocycles. The monoisotopic (exact) mass is 291 g/mol. The number of aryl methyl sites for hydroxylation is 2. The van der Waals surface area contributed by atoms with Gasteiger partial charge in [-0.3, -0.25) is 4.68 Å². The lowest BCUT2D eigenvalue weighted by atomic mass is 10.1. The van der Waals surface area contributed by atoms with Crippen molar-refractivity contribution in [3.05, 3.63) is 29.8 Å². The Balaban J connectivity index is 2.24. The predicted octanol–water partition coefficient (Wildman–Crippen LogP) is 2.56. The Morgan fingerprint density at radius 1 is 1.35 bits per heavy atom. The molecule has 0 aromatic carbocycles. The highest BCUT2D eigenvalue weighted by Crippen LogP contribution is 2.30. The molecule has 0 saturated heterocycles. The zero-order valence-electron chi connectivity index (χ0n) is 12.6. The summed E-state index contributed by atoms with van der Waals surface area (Å²) in [5, 5.41) is 10.1. The second-order valence-electron chi connectivity index (χ2n) is 5.75. The molecule has 0 aliphatic carbocycles. The van der Waals surface area contributed by atoms with E-state index in [9.17, 15) is 0 Å². The highest BCUT2D eigenvalue weighted by Gasteiger charge is 2.17. The van der Waals surface area contributed by atoms with Crippen molar-refractivity contribution in [3.63, 3.8) is 0 Å². The maximum absolute atomic E-state index is 4.52. The molecule has 2 aromatic rings. The summed E-state index contributed by atoms with van der Waals surface area (Å²) < 4.78 is 1.92. The third kappa shape index (κ3) is 3.80. The molecule has 0 bridgehead atoms. The minimum atomic E-state index is 0.0825. The summed E-state index contributed by atoms with van der Waals surface area (Å²) in [6, 6.07) is 1.91. The van der Waals surface area contributed by atoms with Crippen molar-refractivity contribution >= 4 is 11.8 Å². The summed E-state index contributed by atoms with van der Waals surface area (Å²) in [5.74, 6) is 0. The molecule has 0 spiro atoms. The summed E-state index contributed by atoms with van der Waals surface area (Å²) in [5.41, 5.74) is 2.37. The Labute approximate surface area is 124 Å². The number of nitrogens with zero attached hydrogens (tertiary/aromatic N) is 4. The first-order valence-corrected chi connectivity index (χ1v) is 7.40. The van der Waals surface area contributed by atoms with Crippen LogP contribution in [0.25, 0.3) is 0 Å². The molecular formula is C14H21N5S. The van der Waals surface area contributed by atoms with E-state index >= 15 is 0 Å². The number of hydrogen-bond donors (Lipinski definition) is 1. The van der Waals surface area contributed by atoms with Crippen LogP contribution in [0.1, 0.15) is 32.0 Å². The van der Waals surface area contributed by atoms with Gasteiger partial charge in [-0.05, 0) is 45.5 Å². The molecule has 0 fully saturated rings. The lowest BCUT2D eigenvalue weighted by Gasteiger charge is -2.20. The molecule has 0 radical (unpaired) electrons. The molecule has 108 valence electrons. The molecular weight excluding hydrogens is 270 g/mol. The maximum Gasteiger partial charge on any atom is 0.116 e. The second kappa shape index (κ2) is 5.93. The van der Waals surface area contributed by atoms with E-state index in [0.29, 0.717) is 0 Å². The topological polar surface area (TPSA) is 55.6 Å². The van der Waals surface area contributed by atoms with Crippen molar-refractivity contribution in [3.8, 4) is 0 Å². The van der Waals surface area contributed by atoms with Crippen LogP contribution in [0.2, 0.25) is 0 Å². The Kier molecular flexibility index (Phi) is 4.45. The first kappa shape index (κ1) is 15.0. The third-order valence-corrected chi connectivity index (χ3v) is 3.99. The van der Waals surface area contributed by atoms with Crippen LogP contribution in [0.3, 0.4) is 0 Å². The standard InChI is InChI=1S/C14H21N5S/c1-10-11(8-17-14(2,3)4)13(19(5)18-10)20-12-6-7-15-9-16-12/h6-7,9,17H,8H2,1-5H3. The quantitative estimate of drug-likeness (QED) is 0.877. The smallest absolute Gasteiger partial charge is 0.116 e. The van der Waals surface area contributed by atoms with E-state index in [1.165, 1.54) is 5.56 Å². The Morgan fingerprint density at radius 2 is 2.10 bits per heavy atom. The van der Waals surface area contributed by atoms with E-state index in [4.69, 9.17) is 0 Å². The van der Waals surface area contributed by atoms with Crippen LogP contribution >= 0.6 is 11.8 Å². The highest BCUT2D eigenvalue weighted by atomic mass is 32.2. The van der Waals surface area contributed by atoms with Crippen LogP contribution in [0.15, 0.2) is 28.6 Å². The van der Waals surface area contributed by atoms with E-state index in [1.54, 1.807) is 24.3 Å². The summed E-state index contributed by atoms with van der Waals surface area (Å²) >= 11 is 1.62. The summed E-state index contributed by atoms with van der Waals surface area (Å²) in [4.78, 5) is 8.21. The molecule has 0 saturated carbocycles. The molecule has 1 N–H and O–H groups in total. The van der Waals surface area contributed by atoms with Crippen molar-refractivity contribution in [2.24, 2.45) is 7.05 Å². The molecule has 0 unspecified atom stereocenters. The number of rotatable bonds is 4. The van der Waals surface area contributed by atoms with E-state index in [1.807, 2.05) is 24.7 Å². The molecule has 0 aliphatic rings. The molecule has 2 rings (SSSR count). The van der Waals surface area contributed by atoms with Crippen LogP contribution in [0, 0.1) is 6.92 Å². The van der Waals surface area contributed by atoms with Crippen LogP contribution < -0.4 is 5.32 Å². The highest BCUT2D eigenvalue weighted by molar-refractivity contribution is 7.99. The van der Waals surface area contributed by atoms with Gasteiger partial charge in [0.05, 0.1) is 5.69 Å². The Bertz CT molecular complexity index is 571. The summed E-state index contributed by atoms with van der Waals surface area (Å²) in [6.45, 7) is 9.34. The molecule has 2 aromatic heterocycles. The van der Waals surface area contributed by atoms with Gasteiger partial charge in [0.1, 0.15) is 16.4 Å². The SMILES string of the molecule is Cc1nn(C)c(Sc2ccncn2)c1CNC(C)(C)C. The molecule has 6 heteroatoms. The van der Waals surface area contributed by atoms with Gasteiger partial charge in [-0.2, -0.15) is 5.10 Å². The van der Waals surface area contributed by atoms with Crippen LogP contribution in [-0.2, 0) is 13.6 Å². The zero-order chi connectivity index (χ0) is 14.8. The van der Waals surface area contributed by atoms with Crippen molar-refractivity contribution in [2.75, 3.05) is 0 Å². The molecule has 0 atom stereocenters. The summed E-state index contributed by atoms with van der Waals surface area (Å²) in [7, 11) is 1.97. The van der Waals surface area contributed by atoms with Crippen molar-refractivity contribution < 1.29 is 0 Å². The van der Waals surface area contributed by atoms with Gasteiger partial charge in [-0.1, -0.05) is 0 Å². The fraction of sp³-hybridized carbons (Fsp3) is 0.500. The first-order valence-electron chi connectivity index (χ1n) is 6.58. The van der Waals surface area contributed by atoms with E-state index in [-0.39, 0.29) is 5.54 Å². The predicted molar refractivity (Wildman–Crippen MR) is 80.7 cm³/mol. The van der Waals surface area contributed by atoms with Gasteiger partial charge in [0.2, 0.25) is 0 Å². The largest absolute Gasteiger partial charge is 0.308 e. The van der Waals surface area contributed by atoms with Gasteiger partial charge in [0.25, 0.3) is 0 Å². The minimum Gasteiger partial charge on any atom is -0.308 e. The van der Waals surface area contributed by atoms with Gasteiger partial charge in [-0.25, -0.2) is 9.97 Å². The molecule has 0 amide bonds.